The molecule has 5 nitrogen and oxygen atoms in total. The van der Waals surface area contributed by atoms with Gasteiger partial charge in [0, 0.05) is 24.1 Å². The molecule has 1 aliphatic heterocycles. The number of thioether (sulfide) groups is 1. The van der Waals surface area contributed by atoms with Crippen LogP contribution in [0.4, 0.5) is 0 Å². The summed E-state index contributed by atoms with van der Waals surface area (Å²) in [4.78, 5) is 6.96. The maximum Gasteiger partial charge on any atom is 0.231 e. The van der Waals surface area contributed by atoms with Gasteiger partial charge in [-0.25, -0.2) is 0 Å². The van der Waals surface area contributed by atoms with E-state index in [1.165, 1.54) is 5.75 Å². The van der Waals surface area contributed by atoms with Crippen LogP contribution in [-0.4, -0.2) is 53.2 Å². The van der Waals surface area contributed by atoms with Crippen molar-refractivity contribution < 1.29 is 4.52 Å². The molecule has 0 saturated carbocycles. The van der Waals surface area contributed by atoms with Gasteiger partial charge >= 0.3 is 0 Å². The van der Waals surface area contributed by atoms with Gasteiger partial charge in [-0.3, -0.25) is 4.90 Å². The van der Waals surface area contributed by atoms with Crippen molar-refractivity contribution >= 4 is 11.8 Å². The van der Waals surface area contributed by atoms with Crippen LogP contribution in [0.2, 0.25) is 0 Å². The van der Waals surface area contributed by atoms with E-state index in [1.54, 1.807) is 0 Å². The summed E-state index contributed by atoms with van der Waals surface area (Å²) < 4.78 is 5.51. The largest absolute Gasteiger partial charge is 0.339 e. The Morgan fingerprint density at radius 2 is 2.37 bits per heavy atom. The number of aromatic nitrogens is 2. The summed E-state index contributed by atoms with van der Waals surface area (Å²) in [6, 6.07) is 0.635. The second-order valence-electron chi connectivity index (χ2n) is 5.15. The molecule has 3 atom stereocenters. The smallest absolute Gasteiger partial charge is 0.231 e. The van der Waals surface area contributed by atoms with Gasteiger partial charge < -0.3 is 9.84 Å². The Hall–Kier alpha value is -0.590. The minimum absolute atomic E-state index is 0.285. The molecule has 19 heavy (non-hydrogen) atoms. The molecule has 3 unspecified atom stereocenters. The van der Waals surface area contributed by atoms with Crippen LogP contribution in [0.5, 0.6) is 0 Å². The zero-order valence-electron chi connectivity index (χ0n) is 12.2. The van der Waals surface area contributed by atoms with E-state index in [0.29, 0.717) is 12.1 Å². The quantitative estimate of drug-likeness (QED) is 0.891. The van der Waals surface area contributed by atoms with Crippen molar-refractivity contribution in [1.82, 2.24) is 20.4 Å². The topological polar surface area (TPSA) is 54.2 Å². The third-order valence-electron chi connectivity index (χ3n) is 3.97. The van der Waals surface area contributed by atoms with Gasteiger partial charge in [-0.1, -0.05) is 12.1 Å². The fraction of sp³-hybridized carbons (Fsp3) is 0.846. The first-order valence-corrected chi connectivity index (χ1v) is 8.11. The molecule has 0 spiro atoms. The predicted octanol–water partition coefficient (Wildman–Crippen LogP) is 1.89. The molecule has 1 aliphatic rings. The minimum atomic E-state index is 0.285. The Bertz CT molecular complexity index is 377. The van der Waals surface area contributed by atoms with Gasteiger partial charge in [0.2, 0.25) is 5.89 Å². The highest BCUT2D eigenvalue weighted by atomic mass is 32.2. The summed E-state index contributed by atoms with van der Waals surface area (Å²) in [6.07, 6.45) is 0.999. The molecule has 1 fully saturated rings. The number of hydrogen-bond donors (Lipinski definition) is 1. The highest BCUT2D eigenvalue weighted by molar-refractivity contribution is 7.99. The summed E-state index contributed by atoms with van der Waals surface area (Å²) in [5.74, 6) is 4.13. The Balaban J connectivity index is 2.13. The first-order valence-electron chi connectivity index (χ1n) is 6.96. The third kappa shape index (κ3) is 3.30. The second kappa shape index (κ2) is 6.72. The molecular formula is C13H24N4OS. The van der Waals surface area contributed by atoms with E-state index in [-0.39, 0.29) is 5.92 Å². The van der Waals surface area contributed by atoms with Crippen molar-refractivity contribution in [3.8, 4) is 0 Å². The van der Waals surface area contributed by atoms with E-state index in [4.69, 9.17) is 4.52 Å². The fourth-order valence-electron chi connectivity index (χ4n) is 2.43. The molecular weight excluding hydrogens is 260 g/mol. The Morgan fingerprint density at radius 3 is 3.00 bits per heavy atom. The van der Waals surface area contributed by atoms with Crippen LogP contribution in [0, 0.1) is 0 Å². The second-order valence-corrected chi connectivity index (χ2v) is 6.30. The van der Waals surface area contributed by atoms with E-state index in [1.807, 2.05) is 18.8 Å². The molecule has 1 N–H and O–H groups in total. The summed E-state index contributed by atoms with van der Waals surface area (Å²) in [5, 5.41) is 7.48. The van der Waals surface area contributed by atoms with Gasteiger partial charge in [0.15, 0.2) is 5.82 Å². The maximum atomic E-state index is 5.51. The van der Waals surface area contributed by atoms with Crippen molar-refractivity contribution in [2.75, 3.05) is 32.1 Å². The third-order valence-corrected chi connectivity index (χ3v) is 4.99. The van der Waals surface area contributed by atoms with Crippen LogP contribution >= 0.6 is 11.8 Å². The van der Waals surface area contributed by atoms with Crippen LogP contribution in [-0.2, 0) is 0 Å². The normalized spacial score (nSPS) is 24.3. The van der Waals surface area contributed by atoms with Gasteiger partial charge in [0.1, 0.15) is 0 Å². The standard InChI is InChI=1S/C13H24N4OS/c1-5-10(9(2)14-3)13-15-12(16-18-13)11-8-19-7-6-17(11)4/h9-11,14H,5-8H2,1-4H3. The van der Waals surface area contributed by atoms with Gasteiger partial charge in [-0.2, -0.15) is 16.7 Å². The lowest BCUT2D eigenvalue weighted by atomic mass is 9.98. The van der Waals surface area contributed by atoms with Crippen molar-refractivity contribution in [3.05, 3.63) is 11.7 Å². The fourth-order valence-corrected chi connectivity index (χ4v) is 3.65. The van der Waals surface area contributed by atoms with Crippen molar-refractivity contribution in [1.29, 1.82) is 0 Å². The van der Waals surface area contributed by atoms with E-state index in [2.05, 4.69) is 41.3 Å². The molecule has 0 radical (unpaired) electrons. The number of likely N-dealkylation sites (N-methyl/N-ethyl adjacent to an activating group) is 1. The summed E-state index contributed by atoms with van der Waals surface area (Å²) >= 11 is 1.96. The molecule has 2 heterocycles. The summed E-state index contributed by atoms with van der Waals surface area (Å²) in [5.41, 5.74) is 0. The molecule has 0 aliphatic carbocycles. The average Bonchev–Trinajstić information content (AvgIpc) is 2.89. The highest BCUT2D eigenvalue weighted by Gasteiger charge is 2.28. The van der Waals surface area contributed by atoms with E-state index in [0.717, 1.165) is 30.4 Å². The van der Waals surface area contributed by atoms with Crippen LogP contribution in [0.3, 0.4) is 0 Å². The Morgan fingerprint density at radius 1 is 1.58 bits per heavy atom. The molecule has 6 heteroatoms. The van der Waals surface area contributed by atoms with Crippen molar-refractivity contribution in [3.63, 3.8) is 0 Å². The summed E-state index contributed by atoms with van der Waals surface area (Å²) in [7, 11) is 4.10. The average molecular weight is 284 g/mol. The van der Waals surface area contributed by atoms with Crippen molar-refractivity contribution in [2.24, 2.45) is 0 Å². The first kappa shape index (κ1) is 14.8. The van der Waals surface area contributed by atoms with Crippen LogP contribution in [0.15, 0.2) is 4.52 Å². The van der Waals surface area contributed by atoms with Crippen molar-refractivity contribution in [2.45, 2.75) is 38.3 Å². The lowest BCUT2D eigenvalue weighted by Crippen LogP contribution is -2.33. The van der Waals surface area contributed by atoms with Gasteiger partial charge in [0.25, 0.3) is 0 Å². The van der Waals surface area contributed by atoms with Crippen LogP contribution < -0.4 is 5.32 Å². The SMILES string of the molecule is CCC(c1nc(C2CSCCN2C)no1)C(C)NC. The van der Waals surface area contributed by atoms with Crippen LogP contribution in [0.1, 0.15) is 43.9 Å². The molecule has 0 bridgehead atoms. The maximum absolute atomic E-state index is 5.51. The minimum Gasteiger partial charge on any atom is -0.339 e. The van der Waals surface area contributed by atoms with Gasteiger partial charge in [0.05, 0.1) is 12.0 Å². The Kier molecular flexibility index (Phi) is 5.24. The predicted molar refractivity (Wildman–Crippen MR) is 78.5 cm³/mol. The number of nitrogens with one attached hydrogen (secondary N) is 1. The first-order chi connectivity index (χ1) is 9.17. The molecule has 2 rings (SSSR count). The zero-order chi connectivity index (χ0) is 13.8. The van der Waals surface area contributed by atoms with Gasteiger partial charge in [-0.15, -0.1) is 0 Å². The van der Waals surface area contributed by atoms with E-state index in [9.17, 15) is 0 Å². The molecule has 1 aromatic heterocycles. The lowest BCUT2D eigenvalue weighted by molar-refractivity contribution is 0.255. The number of rotatable bonds is 5. The summed E-state index contributed by atoms with van der Waals surface area (Å²) in [6.45, 7) is 5.40. The lowest BCUT2D eigenvalue weighted by Gasteiger charge is -2.29. The zero-order valence-corrected chi connectivity index (χ0v) is 13.0. The van der Waals surface area contributed by atoms with Gasteiger partial charge in [-0.05, 0) is 27.4 Å². The number of nitrogens with zero attached hydrogens (tertiary/aromatic N) is 3. The molecule has 1 saturated heterocycles. The molecule has 0 aromatic carbocycles. The number of hydrogen-bond acceptors (Lipinski definition) is 6. The highest BCUT2D eigenvalue weighted by Crippen LogP contribution is 2.28. The Labute approximate surface area is 119 Å². The monoisotopic (exact) mass is 284 g/mol. The van der Waals surface area contributed by atoms with E-state index < -0.39 is 0 Å². The molecule has 1 aromatic rings. The molecule has 0 amide bonds. The van der Waals surface area contributed by atoms with E-state index >= 15 is 0 Å². The van der Waals surface area contributed by atoms with Crippen LogP contribution in [0.25, 0.3) is 0 Å². The molecule has 108 valence electrons.